The SMILES string of the molecule is CCC[CH]CN1C(=O)CCC(N2Cc3cc(N)ccc3C2=O)C1=O. The highest BCUT2D eigenvalue weighted by atomic mass is 16.2. The van der Waals surface area contributed by atoms with Crippen molar-refractivity contribution < 1.29 is 14.4 Å². The molecule has 6 nitrogen and oxygen atoms in total. The maximum atomic E-state index is 12.7. The Morgan fingerprint density at radius 1 is 1.29 bits per heavy atom. The number of rotatable bonds is 5. The minimum Gasteiger partial charge on any atom is -0.399 e. The van der Waals surface area contributed by atoms with Crippen LogP contribution in [0.1, 0.15) is 48.5 Å². The molecule has 2 aliphatic heterocycles. The van der Waals surface area contributed by atoms with Gasteiger partial charge in [-0.05, 0) is 43.0 Å². The second-order valence-electron chi connectivity index (χ2n) is 6.32. The van der Waals surface area contributed by atoms with Gasteiger partial charge in [0.05, 0.1) is 0 Å². The van der Waals surface area contributed by atoms with Crippen molar-refractivity contribution in [1.29, 1.82) is 0 Å². The van der Waals surface area contributed by atoms with Crippen LogP contribution in [-0.4, -0.2) is 40.1 Å². The highest BCUT2D eigenvalue weighted by molar-refractivity contribution is 6.05. The Labute approximate surface area is 141 Å². The number of benzene rings is 1. The van der Waals surface area contributed by atoms with E-state index in [0.717, 1.165) is 18.4 Å². The van der Waals surface area contributed by atoms with Crippen LogP contribution in [0.5, 0.6) is 0 Å². The van der Waals surface area contributed by atoms with Crippen molar-refractivity contribution in [2.75, 3.05) is 12.3 Å². The minimum absolute atomic E-state index is 0.156. The fourth-order valence-corrected chi connectivity index (χ4v) is 3.34. The maximum absolute atomic E-state index is 12.7. The first kappa shape index (κ1) is 16.5. The summed E-state index contributed by atoms with van der Waals surface area (Å²) >= 11 is 0. The zero-order valence-corrected chi connectivity index (χ0v) is 13.8. The lowest BCUT2D eigenvalue weighted by Crippen LogP contribution is -2.54. The number of hydrogen-bond acceptors (Lipinski definition) is 4. The summed E-state index contributed by atoms with van der Waals surface area (Å²) < 4.78 is 0. The molecule has 6 heteroatoms. The van der Waals surface area contributed by atoms with Gasteiger partial charge < -0.3 is 10.6 Å². The number of fused-ring (bicyclic) bond motifs is 1. The molecule has 2 N–H and O–H groups in total. The van der Waals surface area contributed by atoms with Crippen LogP contribution in [0.15, 0.2) is 18.2 Å². The van der Waals surface area contributed by atoms with E-state index >= 15 is 0 Å². The summed E-state index contributed by atoms with van der Waals surface area (Å²) in [4.78, 5) is 40.3. The predicted molar refractivity (Wildman–Crippen MR) is 89.7 cm³/mol. The maximum Gasteiger partial charge on any atom is 0.255 e. The van der Waals surface area contributed by atoms with E-state index in [0.29, 0.717) is 37.2 Å². The Balaban J connectivity index is 1.76. The van der Waals surface area contributed by atoms with E-state index in [-0.39, 0.29) is 17.7 Å². The van der Waals surface area contributed by atoms with Crippen molar-refractivity contribution in [2.24, 2.45) is 0 Å². The summed E-state index contributed by atoms with van der Waals surface area (Å²) in [5, 5.41) is 0. The van der Waals surface area contributed by atoms with Gasteiger partial charge in [0, 0.05) is 30.8 Å². The lowest BCUT2D eigenvalue weighted by Gasteiger charge is -2.35. The molecule has 2 heterocycles. The van der Waals surface area contributed by atoms with Crippen LogP contribution < -0.4 is 5.73 Å². The number of piperidine rings is 1. The summed E-state index contributed by atoms with van der Waals surface area (Å²) in [5.41, 5.74) is 7.82. The molecule has 1 atom stereocenters. The van der Waals surface area contributed by atoms with Crippen LogP contribution in [0.3, 0.4) is 0 Å². The van der Waals surface area contributed by atoms with E-state index in [1.165, 1.54) is 4.90 Å². The molecule has 0 aliphatic carbocycles. The number of carbonyl (C=O) groups is 3. The van der Waals surface area contributed by atoms with Crippen molar-refractivity contribution in [1.82, 2.24) is 9.80 Å². The summed E-state index contributed by atoms with van der Waals surface area (Å²) in [6, 6.07) is 4.61. The predicted octanol–water partition coefficient (Wildman–Crippen LogP) is 1.75. The largest absolute Gasteiger partial charge is 0.399 e. The lowest BCUT2D eigenvalue weighted by atomic mass is 10.0. The Morgan fingerprint density at radius 2 is 2.08 bits per heavy atom. The molecular weight excluding hydrogens is 306 g/mol. The van der Waals surface area contributed by atoms with Crippen molar-refractivity contribution in [3.63, 3.8) is 0 Å². The molecule has 1 saturated heterocycles. The van der Waals surface area contributed by atoms with E-state index in [4.69, 9.17) is 5.73 Å². The first-order valence-corrected chi connectivity index (χ1v) is 8.38. The fourth-order valence-electron chi connectivity index (χ4n) is 3.34. The topological polar surface area (TPSA) is 83.7 Å². The van der Waals surface area contributed by atoms with Gasteiger partial charge in [-0.2, -0.15) is 0 Å². The van der Waals surface area contributed by atoms with Gasteiger partial charge in [-0.15, -0.1) is 0 Å². The fraction of sp³-hybridized carbons (Fsp3) is 0.444. The quantitative estimate of drug-likeness (QED) is 0.507. The molecule has 0 saturated carbocycles. The van der Waals surface area contributed by atoms with E-state index in [1.54, 1.807) is 23.1 Å². The van der Waals surface area contributed by atoms with Gasteiger partial charge >= 0.3 is 0 Å². The average molecular weight is 328 g/mol. The third kappa shape index (κ3) is 2.88. The molecule has 1 unspecified atom stereocenters. The van der Waals surface area contributed by atoms with Crippen molar-refractivity contribution in [3.05, 3.63) is 35.7 Å². The molecule has 24 heavy (non-hydrogen) atoms. The molecule has 0 bridgehead atoms. The summed E-state index contributed by atoms with van der Waals surface area (Å²) in [7, 11) is 0. The second-order valence-corrected chi connectivity index (χ2v) is 6.32. The zero-order chi connectivity index (χ0) is 17.3. The number of likely N-dealkylation sites (tertiary alicyclic amines) is 1. The number of carbonyl (C=O) groups excluding carboxylic acids is 3. The first-order valence-electron chi connectivity index (χ1n) is 8.38. The van der Waals surface area contributed by atoms with E-state index in [2.05, 4.69) is 0 Å². The van der Waals surface area contributed by atoms with Gasteiger partial charge in [0.15, 0.2) is 0 Å². The van der Waals surface area contributed by atoms with Crippen molar-refractivity contribution >= 4 is 23.4 Å². The van der Waals surface area contributed by atoms with Crippen LogP contribution in [0.4, 0.5) is 5.69 Å². The number of nitrogen functional groups attached to an aromatic ring is 1. The van der Waals surface area contributed by atoms with Crippen molar-refractivity contribution in [3.8, 4) is 0 Å². The third-order valence-corrected chi connectivity index (χ3v) is 4.63. The molecule has 3 rings (SSSR count). The van der Waals surface area contributed by atoms with Crippen LogP contribution >= 0.6 is 0 Å². The van der Waals surface area contributed by atoms with Crippen LogP contribution in [0, 0.1) is 6.42 Å². The minimum atomic E-state index is -0.571. The Morgan fingerprint density at radius 3 is 2.83 bits per heavy atom. The normalized spacial score (nSPS) is 20.7. The molecule has 1 aromatic carbocycles. The zero-order valence-electron chi connectivity index (χ0n) is 13.8. The number of nitrogens with two attached hydrogens (primary N) is 1. The first-order chi connectivity index (χ1) is 11.5. The summed E-state index contributed by atoms with van der Waals surface area (Å²) in [5.74, 6) is -0.583. The number of imide groups is 1. The Bertz CT molecular complexity index is 686. The number of nitrogens with zero attached hydrogens (tertiary/aromatic N) is 2. The number of amides is 3. The van der Waals surface area contributed by atoms with Gasteiger partial charge in [-0.3, -0.25) is 19.3 Å². The molecule has 1 radical (unpaired) electrons. The lowest BCUT2D eigenvalue weighted by molar-refractivity contribution is -0.151. The smallest absolute Gasteiger partial charge is 0.255 e. The van der Waals surface area contributed by atoms with Crippen LogP contribution in [-0.2, 0) is 16.1 Å². The molecule has 1 aromatic rings. The number of hydrogen-bond donors (Lipinski definition) is 1. The average Bonchev–Trinajstić information content (AvgIpc) is 2.87. The monoisotopic (exact) mass is 328 g/mol. The van der Waals surface area contributed by atoms with E-state index in [1.807, 2.05) is 13.3 Å². The Hall–Kier alpha value is -2.37. The highest BCUT2D eigenvalue weighted by Crippen LogP contribution is 2.30. The number of anilines is 1. The molecule has 1 fully saturated rings. The van der Waals surface area contributed by atoms with Gasteiger partial charge in [0.2, 0.25) is 5.91 Å². The number of unbranched alkanes of at least 4 members (excludes halogenated alkanes) is 2. The molecule has 127 valence electrons. The second kappa shape index (κ2) is 6.63. The molecule has 3 amide bonds. The standard InChI is InChI=1S/C18H22N3O3/c1-2-3-4-9-20-16(22)8-7-15(18(20)24)21-11-12-10-13(19)5-6-14(12)17(21)23/h4-6,10,15H,2-3,7-9,11,19H2,1H3. The van der Waals surface area contributed by atoms with Gasteiger partial charge in [0.25, 0.3) is 11.8 Å². The van der Waals surface area contributed by atoms with Gasteiger partial charge in [-0.25, -0.2) is 0 Å². The summed E-state index contributed by atoms with van der Waals surface area (Å²) in [6.07, 6.45) is 4.45. The molecule has 0 spiro atoms. The molecule has 2 aliphatic rings. The molecule has 0 aromatic heterocycles. The van der Waals surface area contributed by atoms with E-state index < -0.39 is 6.04 Å². The van der Waals surface area contributed by atoms with Crippen molar-refractivity contribution in [2.45, 2.75) is 45.2 Å². The van der Waals surface area contributed by atoms with Gasteiger partial charge in [-0.1, -0.05) is 13.3 Å². The van der Waals surface area contributed by atoms with Crippen LogP contribution in [0.25, 0.3) is 0 Å². The highest BCUT2D eigenvalue weighted by Gasteiger charge is 2.42. The Kier molecular flexibility index (Phi) is 4.55. The third-order valence-electron chi connectivity index (χ3n) is 4.63. The molecular formula is C18H22N3O3. The van der Waals surface area contributed by atoms with E-state index in [9.17, 15) is 14.4 Å². The summed E-state index contributed by atoms with van der Waals surface area (Å²) in [6.45, 7) is 2.74. The van der Waals surface area contributed by atoms with Crippen LogP contribution in [0.2, 0.25) is 0 Å². The van der Waals surface area contributed by atoms with Gasteiger partial charge in [0.1, 0.15) is 6.04 Å².